The average Bonchev–Trinajstić information content (AvgIpc) is 3.62. The highest BCUT2D eigenvalue weighted by Crippen LogP contribution is 2.47. The zero-order valence-corrected chi connectivity index (χ0v) is 20.0. The van der Waals surface area contributed by atoms with E-state index in [1.807, 2.05) is 13.0 Å². The summed E-state index contributed by atoms with van der Waals surface area (Å²) in [7, 11) is 0. The molecule has 37 heavy (non-hydrogen) atoms. The molecule has 0 radical (unpaired) electrons. The van der Waals surface area contributed by atoms with E-state index in [-0.39, 0.29) is 40.5 Å². The molecule has 9 nitrogen and oxygen atoms in total. The van der Waals surface area contributed by atoms with Gasteiger partial charge in [0, 0.05) is 35.8 Å². The van der Waals surface area contributed by atoms with Crippen LogP contribution in [0, 0.1) is 17.1 Å². The van der Waals surface area contributed by atoms with Crippen LogP contribution in [0.3, 0.4) is 0 Å². The van der Waals surface area contributed by atoms with Crippen molar-refractivity contribution in [1.29, 1.82) is 5.26 Å². The van der Waals surface area contributed by atoms with Gasteiger partial charge in [0.25, 0.3) is 0 Å². The maximum absolute atomic E-state index is 15.1. The highest BCUT2D eigenvalue weighted by Gasteiger charge is 2.44. The van der Waals surface area contributed by atoms with Crippen LogP contribution in [0.15, 0.2) is 54.7 Å². The highest BCUT2D eigenvalue weighted by molar-refractivity contribution is 6.01. The summed E-state index contributed by atoms with van der Waals surface area (Å²) in [4.78, 5) is 42.1. The number of benzene rings is 2. The molecule has 2 atom stereocenters. The van der Waals surface area contributed by atoms with Gasteiger partial charge in [-0.15, -0.1) is 0 Å². The summed E-state index contributed by atoms with van der Waals surface area (Å²) in [6, 6.07) is 12.5. The summed E-state index contributed by atoms with van der Waals surface area (Å²) in [5.74, 6) is -2.13. The van der Waals surface area contributed by atoms with Gasteiger partial charge in [0.1, 0.15) is 23.5 Å². The first-order valence-electron chi connectivity index (χ1n) is 11.7. The molecule has 10 heteroatoms. The zero-order valence-electron chi connectivity index (χ0n) is 20.0. The molecule has 4 rings (SSSR count). The lowest BCUT2D eigenvalue weighted by atomic mass is 9.99. The number of esters is 1. The lowest BCUT2D eigenvalue weighted by Crippen LogP contribution is -2.31. The Morgan fingerprint density at radius 2 is 2.03 bits per heavy atom. The van der Waals surface area contributed by atoms with Crippen LogP contribution in [0.1, 0.15) is 63.9 Å². The third kappa shape index (κ3) is 5.90. The lowest BCUT2D eigenvalue weighted by Gasteiger charge is -2.16. The Kier molecular flexibility index (Phi) is 7.44. The number of ketones is 1. The number of pyridine rings is 1. The van der Waals surface area contributed by atoms with Crippen LogP contribution in [0.2, 0.25) is 0 Å². The van der Waals surface area contributed by atoms with Gasteiger partial charge in [0.15, 0.2) is 5.78 Å². The second kappa shape index (κ2) is 10.9. The Bertz CT molecular complexity index is 1400. The van der Waals surface area contributed by atoms with E-state index in [1.54, 1.807) is 12.1 Å². The number of aromatic nitrogens is 1. The number of carbonyl (C=O) groups is 3. The van der Waals surface area contributed by atoms with Crippen LogP contribution in [0.5, 0.6) is 5.75 Å². The monoisotopic (exact) mass is 501 g/mol. The van der Waals surface area contributed by atoms with Crippen molar-refractivity contribution in [2.45, 2.75) is 38.1 Å². The van der Waals surface area contributed by atoms with Crippen molar-refractivity contribution in [3.8, 4) is 11.8 Å². The number of nitrogen functional groups attached to an aromatic ring is 1. The molecule has 1 saturated carbocycles. The Labute approximate surface area is 212 Å². The number of urea groups is 1. The maximum Gasteiger partial charge on any atom is 0.343 e. The molecule has 2 amide bonds. The van der Waals surface area contributed by atoms with E-state index in [2.05, 4.69) is 15.6 Å². The largest absolute Gasteiger partial charge is 0.422 e. The molecule has 1 aliphatic carbocycles. The van der Waals surface area contributed by atoms with Gasteiger partial charge in [0.2, 0.25) is 0 Å². The van der Waals surface area contributed by atoms with Gasteiger partial charge in [-0.05, 0) is 55.3 Å². The number of carbonyl (C=O) groups excluding carboxylic acids is 3. The number of Topliss-reactive ketones (excluding diaryl/α,β-unsaturated/α-hetero) is 1. The minimum absolute atomic E-state index is 0.0565. The Hall–Kier alpha value is -4.78. The molecule has 1 heterocycles. The van der Waals surface area contributed by atoms with Gasteiger partial charge in [-0.25, -0.2) is 19.0 Å². The number of hydrogen-bond acceptors (Lipinski definition) is 7. The van der Waals surface area contributed by atoms with Gasteiger partial charge in [-0.2, -0.15) is 5.26 Å². The van der Waals surface area contributed by atoms with E-state index in [9.17, 15) is 14.4 Å². The Morgan fingerprint density at radius 3 is 2.70 bits per heavy atom. The standard InChI is InChI=1S/C27H24FN5O4/c1-2-4-22(34)18-8-9-20(28)24(25(18)37-26(35)16-5-3-6-17(30)11-16)19-12-21(19)32-27(36)33-23-10-7-15(13-29)14-31-23/h3,5-11,14,19,21H,2,4,12,30H2,1H3,(H2,31,32,33,36)/t19-,21+/m1/s1. The molecule has 188 valence electrons. The van der Waals surface area contributed by atoms with Crippen molar-refractivity contribution in [1.82, 2.24) is 10.3 Å². The first-order valence-corrected chi connectivity index (χ1v) is 11.7. The third-order valence-electron chi connectivity index (χ3n) is 5.85. The molecule has 1 fully saturated rings. The van der Waals surface area contributed by atoms with Crippen LogP contribution in [0.25, 0.3) is 0 Å². The van der Waals surface area contributed by atoms with Crippen LogP contribution >= 0.6 is 0 Å². The van der Waals surface area contributed by atoms with Crippen LogP contribution in [-0.4, -0.2) is 28.8 Å². The molecule has 4 N–H and O–H groups in total. The quantitative estimate of drug-likeness (QED) is 0.177. The highest BCUT2D eigenvalue weighted by atomic mass is 19.1. The number of nitrogens with two attached hydrogens (primary N) is 1. The zero-order chi connectivity index (χ0) is 26.5. The second-order valence-corrected chi connectivity index (χ2v) is 8.62. The molecule has 0 bridgehead atoms. The summed E-state index contributed by atoms with van der Waals surface area (Å²) >= 11 is 0. The molecule has 2 aromatic carbocycles. The first-order chi connectivity index (χ1) is 17.8. The van der Waals surface area contributed by atoms with Crippen molar-refractivity contribution in [3.05, 3.63) is 82.8 Å². The fraction of sp³-hybridized carbons (Fsp3) is 0.222. The van der Waals surface area contributed by atoms with E-state index >= 15 is 4.39 Å². The van der Waals surface area contributed by atoms with E-state index in [4.69, 9.17) is 15.7 Å². The van der Waals surface area contributed by atoms with Crippen LogP contribution < -0.4 is 21.1 Å². The van der Waals surface area contributed by atoms with Gasteiger partial charge in [-0.1, -0.05) is 13.0 Å². The number of halogens is 1. The van der Waals surface area contributed by atoms with Gasteiger partial charge in [-0.3, -0.25) is 10.1 Å². The third-order valence-corrected chi connectivity index (χ3v) is 5.85. The van der Waals surface area contributed by atoms with Crippen LogP contribution in [0.4, 0.5) is 20.7 Å². The first kappa shape index (κ1) is 25.3. The lowest BCUT2D eigenvalue weighted by molar-refractivity contribution is 0.0730. The minimum atomic E-state index is -0.778. The number of nitrogens with zero attached hydrogens (tertiary/aromatic N) is 2. The van der Waals surface area contributed by atoms with E-state index in [0.29, 0.717) is 24.1 Å². The molecule has 0 saturated heterocycles. The number of nitrogens with one attached hydrogen (secondary N) is 2. The molecule has 0 aliphatic heterocycles. The second-order valence-electron chi connectivity index (χ2n) is 8.62. The maximum atomic E-state index is 15.1. The summed E-state index contributed by atoms with van der Waals surface area (Å²) < 4.78 is 20.7. The summed E-state index contributed by atoms with van der Waals surface area (Å²) in [6.45, 7) is 1.84. The van der Waals surface area contributed by atoms with Crippen LogP contribution in [-0.2, 0) is 0 Å². The topological polar surface area (TPSA) is 147 Å². The summed E-state index contributed by atoms with van der Waals surface area (Å²) in [5, 5.41) is 14.1. The molecular weight excluding hydrogens is 477 g/mol. The fourth-order valence-electron chi connectivity index (χ4n) is 3.96. The van der Waals surface area contributed by atoms with E-state index in [0.717, 1.165) is 0 Å². The minimum Gasteiger partial charge on any atom is -0.422 e. The van der Waals surface area contributed by atoms with Crippen molar-refractivity contribution in [2.24, 2.45) is 0 Å². The predicted octanol–water partition coefficient (Wildman–Crippen LogP) is 4.55. The summed E-state index contributed by atoms with van der Waals surface area (Å²) in [6.07, 6.45) is 2.45. The molecule has 0 spiro atoms. The normalized spacial score (nSPS) is 15.8. The number of ether oxygens (including phenoxy) is 1. The van der Waals surface area contributed by atoms with Crippen molar-refractivity contribution in [2.75, 3.05) is 11.1 Å². The number of amides is 2. The Balaban J connectivity index is 1.57. The number of rotatable bonds is 8. The number of hydrogen-bond donors (Lipinski definition) is 3. The van der Waals surface area contributed by atoms with Crippen molar-refractivity contribution >= 4 is 29.3 Å². The average molecular weight is 502 g/mol. The Morgan fingerprint density at radius 1 is 1.22 bits per heavy atom. The SMILES string of the molecule is CCCC(=O)c1ccc(F)c([C@@H]2C[C@@H]2NC(=O)Nc2ccc(C#N)cn2)c1OC(=O)c1cccc(N)c1. The molecule has 1 aromatic heterocycles. The van der Waals surface area contributed by atoms with Crippen molar-refractivity contribution < 1.29 is 23.5 Å². The molecule has 0 unspecified atom stereocenters. The summed E-state index contributed by atoms with van der Waals surface area (Å²) in [5.41, 5.74) is 6.78. The fourth-order valence-corrected chi connectivity index (χ4v) is 3.96. The molecule has 1 aliphatic rings. The smallest absolute Gasteiger partial charge is 0.343 e. The van der Waals surface area contributed by atoms with Gasteiger partial charge < -0.3 is 15.8 Å². The van der Waals surface area contributed by atoms with E-state index in [1.165, 1.54) is 42.6 Å². The van der Waals surface area contributed by atoms with Gasteiger partial charge in [0.05, 0.1) is 16.7 Å². The van der Waals surface area contributed by atoms with Crippen molar-refractivity contribution in [3.63, 3.8) is 0 Å². The predicted molar refractivity (Wildman–Crippen MR) is 134 cm³/mol. The van der Waals surface area contributed by atoms with Gasteiger partial charge >= 0.3 is 12.0 Å². The molecule has 3 aromatic rings. The van der Waals surface area contributed by atoms with E-state index < -0.39 is 29.8 Å². The number of nitriles is 1. The molecular formula is C27H24FN5O4. The number of anilines is 2.